The van der Waals surface area contributed by atoms with E-state index in [4.69, 9.17) is 5.73 Å². The second kappa shape index (κ2) is 8.26. The second-order valence-electron chi connectivity index (χ2n) is 6.00. The fourth-order valence-electron chi connectivity index (χ4n) is 1.99. The summed E-state index contributed by atoms with van der Waals surface area (Å²) < 4.78 is 0. The van der Waals surface area contributed by atoms with Crippen LogP contribution < -0.4 is 11.1 Å². The number of nitrogens with one attached hydrogen (secondary N) is 1. The van der Waals surface area contributed by atoms with E-state index in [1.165, 1.54) is 11.3 Å². The highest BCUT2D eigenvalue weighted by atomic mass is 32.1. The number of primary amides is 1. The van der Waals surface area contributed by atoms with E-state index in [9.17, 15) is 19.8 Å². The van der Waals surface area contributed by atoms with Gasteiger partial charge in [0.1, 0.15) is 6.10 Å². The average Bonchev–Trinajstić information content (AvgIpc) is 2.92. The Bertz CT molecular complexity index is 482. The number of rotatable bonds is 9. The SMILES string of the molecule is CC(C)(O)CC[C@H](C[C@H](O)C(=O)NCc1cccs1)C(N)=O. The summed E-state index contributed by atoms with van der Waals surface area (Å²) in [5.74, 6) is -1.74. The molecule has 2 atom stereocenters. The fraction of sp³-hybridized carbons (Fsp3) is 0.600. The molecule has 0 radical (unpaired) electrons. The molecule has 0 aliphatic rings. The number of aliphatic hydroxyl groups excluding tert-OH is 1. The molecule has 1 rings (SSSR count). The molecule has 0 saturated carbocycles. The maximum atomic E-state index is 11.8. The van der Waals surface area contributed by atoms with Crippen LogP contribution in [0.1, 0.15) is 38.0 Å². The Morgan fingerprint density at radius 3 is 2.64 bits per heavy atom. The van der Waals surface area contributed by atoms with Crippen molar-refractivity contribution in [3.05, 3.63) is 22.4 Å². The van der Waals surface area contributed by atoms with Gasteiger partial charge in [-0.1, -0.05) is 6.07 Å². The zero-order valence-electron chi connectivity index (χ0n) is 12.9. The molecule has 0 spiro atoms. The molecule has 0 bridgehead atoms. The molecule has 0 aliphatic heterocycles. The summed E-state index contributed by atoms with van der Waals surface area (Å²) >= 11 is 1.51. The number of amides is 2. The standard InChI is InChI=1S/C15H24N2O4S/c1-15(2,21)6-5-10(13(16)19)8-12(18)14(20)17-9-11-4-3-7-22-11/h3-4,7,10,12,18,21H,5-6,8-9H2,1-2H3,(H2,16,19)(H,17,20)/t10-,12+/m1/s1. The first-order valence-corrected chi connectivity index (χ1v) is 8.07. The lowest BCUT2D eigenvalue weighted by atomic mass is 9.90. The first-order chi connectivity index (χ1) is 10.2. The maximum Gasteiger partial charge on any atom is 0.249 e. The lowest BCUT2D eigenvalue weighted by Crippen LogP contribution is -2.38. The van der Waals surface area contributed by atoms with Crippen LogP contribution in [0.4, 0.5) is 0 Å². The molecule has 0 saturated heterocycles. The number of hydrogen-bond donors (Lipinski definition) is 4. The van der Waals surface area contributed by atoms with Gasteiger partial charge in [-0.25, -0.2) is 0 Å². The highest BCUT2D eigenvalue weighted by Gasteiger charge is 2.26. The summed E-state index contributed by atoms with van der Waals surface area (Å²) in [7, 11) is 0. The summed E-state index contributed by atoms with van der Waals surface area (Å²) in [6.07, 6.45) is -0.640. The second-order valence-corrected chi connectivity index (χ2v) is 7.03. The Labute approximate surface area is 134 Å². The quantitative estimate of drug-likeness (QED) is 0.536. The highest BCUT2D eigenvalue weighted by Crippen LogP contribution is 2.20. The zero-order chi connectivity index (χ0) is 16.8. The van der Waals surface area contributed by atoms with Crippen LogP contribution in [0.2, 0.25) is 0 Å². The molecule has 124 valence electrons. The van der Waals surface area contributed by atoms with E-state index in [1.807, 2.05) is 17.5 Å². The summed E-state index contributed by atoms with van der Waals surface area (Å²) in [6.45, 7) is 3.61. The molecule has 0 unspecified atom stereocenters. The first-order valence-electron chi connectivity index (χ1n) is 7.19. The van der Waals surface area contributed by atoms with Crippen LogP contribution >= 0.6 is 11.3 Å². The minimum Gasteiger partial charge on any atom is -0.390 e. The van der Waals surface area contributed by atoms with Crippen molar-refractivity contribution in [2.45, 2.75) is 51.4 Å². The van der Waals surface area contributed by atoms with Crippen LogP contribution in [-0.2, 0) is 16.1 Å². The van der Waals surface area contributed by atoms with Gasteiger partial charge >= 0.3 is 0 Å². The number of hydrogen-bond acceptors (Lipinski definition) is 5. The Kier molecular flexibility index (Phi) is 6.99. The predicted molar refractivity (Wildman–Crippen MR) is 85.0 cm³/mol. The van der Waals surface area contributed by atoms with Gasteiger partial charge in [-0.15, -0.1) is 11.3 Å². The normalized spacial score (nSPS) is 14.4. The molecule has 1 heterocycles. The topological polar surface area (TPSA) is 113 Å². The van der Waals surface area contributed by atoms with Crippen molar-refractivity contribution in [3.63, 3.8) is 0 Å². The van der Waals surface area contributed by atoms with Gasteiger partial charge < -0.3 is 21.3 Å². The van der Waals surface area contributed by atoms with Crippen LogP contribution in [0.3, 0.4) is 0 Å². The molecule has 1 aromatic rings. The van der Waals surface area contributed by atoms with E-state index in [2.05, 4.69) is 5.32 Å². The van der Waals surface area contributed by atoms with Gasteiger partial charge in [0.05, 0.1) is 12.1 Å². The molecule has 0 aromatic carbocycles. The molecular weight excluding hydrogens is 304 g/mol. The highest BCUT2D eigenvalue weighted by molar-refractivity contribution is 7.09. The molecular formula is C15H24N2O4S. The van der Waals surface area contributed by atoms with Crippen molar-refractivity contribution >= 4 is 23.2 Å². The largest absolute Gasteiger partial charge is 0.390 e. The Hall–Kier alpha value is -1.44. The van der Waals surface area contributed by atoms with Crippen molar-refractivity contribution in [1.82, 2.24) is 5.32 Å². The van der Waals surface area contributed by atoms with E-state index in [0.29, 0.717) is 19.4 Å². The van der Waals surface area contributed by atoms with E-state index < -0.39 is 29.4 Å². The van der Waals surface area contributed by atoms with Gasteiger partial charge in [0.25, 0.3) is 0 Å². The fourth-order valence-corrected chi connectivity index (χ4v) is 2.63. The number of carbonyl (C=O) groups excluding carboxylic acids is 2. The predicted octanol–water partition coefficient (Wildman–Crippen LogP) is 0.768. The van der Waals surface area contributed by atoms with Crippen molar-refractivity contribution in [2.24, 2.45) is 11.7 Å². The van der Waals surface area contributed by atoms with Crippen LogP contribution in [0.5, 0.6) is 0 Å². The summed E-state index contributed by atoms with van der Waals surface area (Å²) in [4.78, 5) is 24.2. The summed E-state index contributed by atoms with van der Waals surface area (Å²) in [5.41, 5.74) is 4.39. The molecule has 5 N–H and O–H groups in total. The summed E-state index contributed by atoms with van der Waals surface area (Å²) in [5, 5.41) is 24.1. The van der Waals surface area contributed by atoms with Crippen molar-refractivity contribution in [3.8, 4) is 0 Å². The Morgan fingerprint density at radius 2 is 2.14 bits per heavy atom. The van der Waals surface area contributed by atoms with Gasteiger partial charge in [-0.2, -0.15) is 0 Å². The van der Waals surface area contributed by atoms with Gasteiger partial charge in [-0.3, -0.25) is 9.59 Å². The molecule has 6 nitrogen and oxygen atoms in total. The van der Waals surface area contributed by atoms with Crippen LogP contribution in [-0.4, -0.2) is 33.7 Å². The number of aliphatic hydroxyl groups is 2. The molecule has 1 aromatic heterocycles. The number of carbonyl (C=O) groups is 2. The minimum absolute atomic E-state index is 0.0400. The van der Waals surface area contributed by atoms with Gasteiger partial charge in [0.15, 0.2) is 0 Å². The van der Waals surface area contributed by atoms with E-state index >= 15 is 0 Å². The van der Waals surface area contributed by atoms with Crippen LogP contribution in [0.25, 0.3) is 0 Å². The van der Waals surface area contributed by atoms with Crippen LogP contribution in [0.15, 0.2) is 17.5 Å². The van der Waals surface area contributed by atoms with Crippen molar-refractivity contribution in [1.29, 1.82) is 0 Å². The number of thiophene rings is 1. The molecule has 7 heteroatoms. The third-order valence-electron chi connectivity index (χ3n) is 3.33. The van der Waals surface area contributed by atoms with E-state index in [1.54, 1.807) is 13.8 Å². The van der Waals surface area contributed by atoms with E-state index in [0.717, 1.165) is 4.88 Å². The molecule has 0 fully saturated rings. The maximum absolute atomic E-state index is 11.8. The van der Waals surface area contributed by atoms with Gasteiger partial charge in [0, 0.05) is 10.8 Å². The molecule has 2 amide bonds. The zero-order valence-corrected chi connectivity index (χ0v) is 13.7. The van der Waals surface area contributed by atoms with Gasteiger partial charge in [0.2, 0.25) is 11.8 Å². The Morgan fingerprint density at radius 1 is 1.45 bits per heavy atom. The number of nitrogens with two attached hydrogens (primary N) is 1. The third kappa shape index (κ3) is 7.02. The Balaban J connectivity index is 2.46. The summed E-state index contributed by atoms with van der Waals surface area (Å²) in [6, 6.07) is 3.76. The minimum atomic E-state index is -1.29. The van der Waals surface area contributed by atoms with Crippen molar-refractivity contribution < 1.29 is 19.8 Å². The lowest BCUT2D eigenvalue weighted by Gasteiger charge is -2.22. The monoisotopic (exact) mass is 328 g/mol. The van der Waals surface area contributed by atoms with Gasteiger partial charge in [-0.05, 0) is 44.6 Å². The van der Waals surface area contributed by atoms with Crippen LogP contribution in [0, 0.1) is 5.92 Å². The molecule has 22 heavy (non-hydrogen) atoms. The first kappa shape index (κ1) is 18.6. The molecule has 0 aliphatic carbocycles. The smallest absolute Gasteiger partial charge is 0.249 e. The lowest BCUT2D eigenvalue weighted by molar-refractivity contribution is -0.132. The third-order valence-corrected chi connectivity index (χ3v) is 4.21. The van der Waals surface area contributed by atoms with Crippen molar-refractivity contribution in [2.75, 3.05) is 0 Å². The van der Waals surface area contributed by atoms with E-state index in [-0.39, 0.29) is 6.42 Å². The average molecular weight is 328 g/mol.